The lowest BCUT2D eigenvalue weighted by molar-refractivity contribution is -0.141. The van der Waals surface area contributed by atoms with E-state index >= 15 is 0 Å². The number of ether oxygens (including phenoxy) is 2. The van der Waals surface area contributed by atoms with Crippen LogP contribution in [-0.4, -0.2) is 48.8 Å². The van der Waals surface area contributed by atoms with Crippen LogP contribution in [0.1, 0.15) is 43.4 Å². The van der Waals surface area contributed by atoms with E-state index in [9.17, 15) is 18.0 Å². The molecule has 178 valence electrons. The predicted octanol–water partition coefficient (Wildman–Crippen LogP) is 4.59. The number of likely N-dealkylation sites (tertiary alicyclic amines) is 1. The zero-order valence-electron chi connectivity index (χ0n) is 18.6. The Morgan fingerprint density at radius 1 is 1.15 bits per heavy atom. The molecule has 2 aliphatic heterocycles. The Hall–Kier alpha value is -2.58. The molecule has 1 amide bonds. The van der Waals surface area contributed by atoms with Gasteiger partial charge in [0.15, 0.2) is 0 Å². The standard InChI is InChI=1S/C25H29F3N2O3/c1-18(19-6-3-2-4-7-19)29-23(31)24(11-14-32-15-12-24)30-13-10-22(17-30)33-21-9-5-8-20(16-21)25(26,27)28/h2-9,16,18,22H,10-15,17H2,1H3,(H,29,31)/t18?,22-/m1/s1. The highest BCUT2D eigenvalue weighted by atomic mass is 19.4. The molecule has 2 aliphatic rings. The van der Waals surface area contributed by atoms with Crippen LogP contribution in [0.25, 0.3) is 0 Å². The lowest BCUT2D eigenvalue weighted by Crippen LogP contribution is -2.61. The van der Waals surface area contributed by atoms with Gasteiger partial charge in [-0.05, 0) is 49.9 Å². The molecule has 33 heavy (non-hydrogen) atoms. The number of rotatable bonds is 6. The van der Waals surface area contributed by atoms with E-state index in [1.165, 1.54) is 12.1 Å². The van der Waals surface area contributed by atoms with E-state index in [1.807, 2.05) is 37.3 Å². The maximum Gasteiger partial charge on any atom is 0.416 e. The van der Waals surface area contributed by atoms with Crippen molar-refractivity contribution in [1.82, 2.24) is 10.2 Å². The number of halogens is 3. The van der Waals surface area contributed by atoms with Gasteiger partial charge in [0, 0.05) is 26.3 Å². The molecule has 2 aromatic rings. The summed E-state index contributed by atoms with van der Waals surface area (Å²) in [6.45, 7) is 4.05. The predicted molar refractivity (Wildman–Crippen MR) is 118 cm³/mol. The largest absolute Gasteiger partial charge is 0.489 e. The molecule has 2 atom stereocenters. The fraction of sp³-hybridized carbons (Fsp3) is 0.480. The molecule has 0 radical (unpaired) electrons. The third-order valence-electron chi connectivity index (χ3n) is 6.60. The zero-order valence-corrected chi connectivity index (χ0v) is 18.6. The minimum absolute atomic E-state index is 0.0399. The second-order valence-electron chi connectivity index (χ2n) is 8.75. The third-order valence-corrected chi connectivity index (χ3v) is 6.60. The van der Waals surface area contributed by atoms with Gasteiger partial charge in [-0.3, -0.25) is 9.69 Å². The van der Waals surface area contributed by atoms with Gasteiger partial charge < -0.3 is 14.8 Å². The van der Waals surface area contributed by atoms with E-state index in [0.29, 0.717) is 45.6 Å². The summed E-state index contributed by atoms with van der Waals surface area (Å²) in [5.41, 5.74) is -0.419. The maximum absolute atomic E-state index is 13.5. The van der Waals surface area contributed by atoms with Gasteiger partial charge in [0.2, 0.25) is 5.91 Å². The molecule has 2 aromatic carbocycles. The number of hydrogen-bond donors (Lipinski definition) is 1. The molecular weight excluding hydrogens is 433 g/mol. The molecule has 0 aliphatic carbocycles. The summed E-state index contributed by atoms with van der Waals surface area (Å²) in [5.74, 6) is 0.154. The van der Waals surface area contributed by atoms with Crippen molar-refractivity contribution in [3.8, 4) is 5.75 Å². The maximum atomic E-state index is 13.5. The average Bonchev–Trinajstić information content (AvgIpc) is 3.28. The highest BCUT2D eigenvalue weighted by Gasteiger charge is 2.48. The zero-order chi connectivity index (χ0) is 23.5. The van der Waals surface area contributed by atoms with Gasteiger partial charge >= 0.3 is 6.18 Å². The summed E-state index contributed by atoms with van der Waals surface area (Å²) in [6, 6.07) is 14.6. The van der Waals surface area contributed by atoms with Gasteiger partial charge in [-0.15, -0.1) is 0 Å². The van der Waals surface area contributed by atoms with Crippen LogP contribution in [0.3, 0.4) is 0 Å². The Bertz CT molecular complexity index is 945. The molecule has 8 heteroatoms. The summed E-state index contributed by atoms with van der Waals surface area (Å²) in [5, 5.41) is 3.17. The normalized spacial score (nSPS) is 22.0. The molecule has 0 bridgehead atoms. The fourth-order valence-corrected chi connectivity index (χ4v) is 4.70. The van der Waals surface area contributed by atoms with Crippen LogP contribution >= 0.6 is 0 Å². The number of nitrogens with zero attached hydrogens (tertiary/aromatic N) is 1. The Morgan fingerprint density at radius 3 is 2.58 bits per heavy atom. The number of alkyl halides is 3. The highest BCUT2D eigenvalue weighted by Crippen LogP contribution is 2.35. The monoisotopic (exact) mass is 462 g/mol. The first kappa shape index (κ1) is 23.6. The fourth-order valence-electron chi connectivity index (χ4n) is 4.70. The summed E-state index contributed by atoms with van der Waals surface area (Å²) in [7, 11) is 0. The number of carbonyl (C=O) groups is 1. The van der Waals surface area contributed by atoms with Crippen LogP contribution in [0.4, 0.5) is 13.2 Å². The number of amides is 1. The molecule has 0 spiro atoms. The summed E-state index contributed by atoms with van der Waals surface area (Å²) in [4.78, 5) is 15.7. The molecule has 5 nitrogen and oxygen atoms in total. The Labute approximate surface area is 191 Å². The van der Waals surface area contributed by atoms with Crippen molar-refractivity contribution in [2.75, 3.05) is 26.3 Å². The van der Waals surface area contributed by atoms with E-state index in [0.717, 1.165) is 17.7 Å². The first-order valence-electron chi connectivity index (χ1n) is 11.3. The van der Waals surface area contributed by atoms with Gasteiger partial charge in [0.1, 0.15) is 17.4 Å². The Balaban J connectivity index is 1.45. The van der Waals surface area contributed by atoms with Crippen LogP contribution in [0.15, 0.2) is 54.6 Å². The lowest BCUT2D eigenvalue weighted by Gasteiger charge is -2.43. The van der Waals surface area contributed by atoms with E-state index in [1.54, 1.807) is 0 Å². The van der Waals surface area contributed by atoms with Crippen molar-refractivity contribution >= 4 is 5.91 Å². The number of benzene rings is 2. The van der Waals surface area contributed by atoms with Crippen LogP contribution in [0.5, 0.6) is 5.75 Å². The molecule has 2 heterocycles. The van der Waals surface area contributed by atoms with Gasteiger partial charge in [-0.2, -0.15) is 13.2 Å². The molecule has 0 saturated carbocycles. The van der Waals surface area contributed by atoms with Crippen molar-refractivity contribution in [2.24, 2.45) is 0 Å². The molecule has 4 rings (SSSR count). The molecule has 1 unspecified atom stereocenters. The van der Waals surface area contributed by atoms with Crippen LogP contribution < -0.4 is 10.1 Å². The second kappa shape index (κ2) is 9.73. The van der Waals surface area contributed by atoms with Crippen molar-refractivity contribution < 1.29 is 27.4 Å². The molecule has 1 N–H and O–H groups in total. The molecule has 2 fully saturated rings. The first-order chi connectivity index (χ1) is 15.8. The third kappa shape index (κ3) is 5.33. The Morgan fingerprint density at radius 2 is 1.88 bits per heavy atom. The van der Waals surface area contributed by atoms with Crippen molar-refractivity contribution in [1.29, 1.82) is 0 Å². The van der Waals surface area contributed by atoms with Crippen LogP contribution in [0.2, 0.25) is 0 Å². The van der Waals surface area contributed by atoms with Gasteiger partial charge in [0.05, 0.1) is 11.6 Å². The lowest BCUT2D eigenvalue weighted by atomic mass is 9.86. The summed E-state index contributed by atoms with van der Waals surface area (Å²) in [6.07, 6.45) is -2.93. The molecule has 2 saturated heterocycles. The average molecular weight is 463 g/mol. The molecule has 0 aromatic heterocycles. The van der Waals surface area contributed by atoms with Crippen LogP contribution in [-0.2, 0) is 15.7 Å². The van der Waals surface area contributed by atoms with E-state index in [4.69, 9.17) is 9.47 Å². The van der Waals surface area contributed by atoms with E-state index in [-0.39, 0.29) is 23.8 Å². The first-order valence-corrected chi connectivity index (χ1v) is 11.3. The van der Waals surface area contributed by atoms with Gasteiger partial charge in [-0.1, -0.05) is 36.4 Å². The highest BCUT2D eigenvalue weighted by molar-refractivity contribution is 5.87. The van der Waals surface area contributed by atoms with Crippen molar-refractivity contribution in [3.63, 3.8) is 0 Å². The van der Waals surface area contributed by atoms with Crippen molar-refractivity contribution in [2.45, 2.75) is 50.0 Å². The number of nitrogens with one attached hydrogen (secondary N) is 1. The quantitative estimate of drug-likeness (QED) is 0.683. The summed E-state index contributed by atoms with van der Waals surface area (Å²) < 4.78 is 50.5. The van der Waals surface area contributed by atoms with E-state index < -0.39 is 17.3 Å². The number of hydrogen-bond acceptors (Lipinski definition) is 4. The van der Waals surface area contributed by atoms with E-state index in [2.05, 4.69) is 10.2 Å². The Kier molecular flexibility index (Phi) is 6.95. The topological polar surface area (TPSA) is 50.8 Å². The van der Waals surface area contributed by atoms with Crippen molar-refractivity contribution in [3.05, 3.63) is 65.7 Å². The summed E-state index contributed by atoms with van der Waals surface area (Å²) >= 11 is 0. The second-order valence-corrected chi connectivity index (χ2v) is 8.75. The number of carbonyl (C=O) groups excluding carboxylic acids is 1. The SMILES string of the molecule is CC(NC(=O)C1(N2CC[C@@H](Oc3cccc(C(F)(F)F)c3)C2)CCOCC1)c1ccccc1. The minimum Gasteiger partial charge on any atom is -0.489 e. The van der Waals surface area contributed by atoms with Crippen LogP contribution in [0, 0.1) is 0 Å². The minimum atomic E-state index is -4.42. The smallest absolute Gasteiger partial charge is 0.416 e. The van der Waals surface area contributed by atoms with Gasteiger partial charge in [0.25, 0.3) is 0 Å². The molecular formula is C25H29F3N2O3. The van der Waals surface area contributed by atoms with Gasteiger partial charge in [-0.25, -0.2) is 0 Å².